The van der Waals surface area contributed by atoms with Crippen molar-refractivity contribution in [3.05, 3.63) is 53.6 Å². The molecule has 19 heteroatoms. The van der Waals surface area contributed by atoms with E-state index in [0.717, 1.165) is 0 Å². The Bertz CT molecular complexity index is 1110. The van der Waals surface area contributed by atoms with Crippen LogP contribution in [-0.4, -0.2) is 18.4 Å². The molecule has 2 N–H and O–H groups in total. The molecule has 0 bridgehead atoms. The molecule has 36 heavy (non-hydrogen) atoms. The quantitative estimate of drug-likeness (QED) is 0.344. The number of amides is 2. The third-order valence-electron chi connectivity index (χ3n) is 4.19. The van der Waals surface area contributed by atoms with Gasteiger partial charge in [-0.15, -0.1) is 0 Å². The first-order chi connectivity index (χ1) is 15.6. The number of anilines is 2. The highest BCUT2D eigenvalue weighted by Crippen LogP contribution is 3.02. The van der Waals surface area contributed by atoms with Gasteiger partial charge in [-0.1, -0.05) is 19.4 Å². The van der Waals surface area contributed by atoms with Crippen LogP contribution in [0, 0.1) is 0 Å². The maximum atomic E-state index is 13.7. The molecule has 0 spiro atoms. The van der Waals surface area contributed by atoms with Gasteiger partial charge in [-0.25, -0.2) is 4.79 Å². The molecular weight excluding hydrogens is 565 g/mol. The van der Waals surface area contributed by atoms with Crippen LogP contribution in [0.15, 0.2) is 47.4 Å². The zero-order valence-electron chi connectivity index (χ0n) is 16.5. The van der Waals surface area contributed by atoms with Crippen LogP contribution in [0.25, 0.3) is 0 Å². The van der Waals surface area contributed by atoms with E-state index in [9.17, 15) is 68.1 Å². The number of nitrogens with one attached hydrogen (secondary N) is 2. The number of rotatable bonds is 5. The molecule has 0 unspecified atom stereocenters. The van der Waals surface area contributed by atoms with Gasteiger partial charge < -0.3 is 10.6 Å². The summed E-state index contributed by atoms with van der Waals surface area (Å²) in [5, 5.41) is 2.97. The minimum atomic E-state index is -10.1. The lowest BCUT2D eigenvalue weighted by Crippen LogP contribution is -2.36. The summed E-state index contributed by atoms with van der Waals surface area (Å²) < 4.78 is 194. The molecule has 0 atom stereocenters. The SMILES string of the molecule is O=C(Nc1ccc(S(F)(F)(F)(F)F)cc1)Nc1cc(C(F)(F)C(F)(F)F)cc(C(F)(F)C(F)(F)F)c1. The Morgan fingerprint density at radius 3 is 1.28 bits per heavy atom. The fraction of sp³-hybridized carbons (Fsp3) is 0.235. The number of halogens is 15. The van der Waals surface area contributed by atoms with Crippen LogP contribution < -0.4 is 10.6 Å². The van der Waals surface area contributed by atoms with Gasteiger partial charge in [0.2, 0.25) is 0 Å². The number of carbonyl (C=O) groups is 1. The van der Waals surface area contributed by atoms with E-state index < -0.39 is 73.9 Å². The average molecular weight is 574 g/mol. The van der Waals surface area contributed by atoms with E-state index in [-0.39, 0.29) is 36.4 Å². The molecule has 0 aliphatic heterocycles. The third kappa shape index (κ3) is 6.22. The molecule has 0 fully saturated rings. The molecule has 0 aliphatic rings. The maximum absolute atomic E-state index is 13.7. The van der Waals surface area contributed by atoms with Gasteiger partial charge in [0.15, 0.2) is 0 Å². The number of carbonyl (C=O) groups excluding carboxylic acids is 1. The zero-order valence-corrected chi connectivity index (χ0v) is 17.3. The Labute approximate surface area is 190 Å². The largest absolute Gasteiger partial charge is 0.458 e. The van der Waals surface area contributed by atoms with Gasteiger partial charge in [-0.2, -0.15) is 43.9 Å². The molecule has 2 aromatic carbocycles. The van der Waals surface area contributed by atoms with Crippen LogP contribution in [0.5, 0.6) is 0 Å². The van der Waals surface area contributed by atoms with Crippen molar-refractivity contribution >= 4 is 27.6 Å². The highest BCUT2D eigenvalue weighted by Gasteiger charge is 2.65. The summed E-state index contributed by atoms with van der Waals surface area (Å²) in [4.78, 5) is 9.51. The van der Waals surface area contributed by atoms with Gasteiger partial charge in [-0.3, -0.25) is 0 Å². The van der Waals surface area contributed by atoms with Crippen LogP contribution in [0.4, 0.5) is 79.5 Å². The number of alkyl halides is 10. The van der Waals surface area contributed by atoms with Crippen molar-refractivity contribution in [3.63, 3.8) is 0 Å². The molecule has 0 radical (unpaired) electrons. The predicted molar refractivity (Wildman–Crippen MR) is 96.8 cm³/mol. The highest BCUT2D eigenvalue weighted by molar-refractivity contribution is 8.45. The van der Waals surface area contributed by atoms with Gasteiger partial charge >= 0.3 is 40.5 Å². The van der Waals surface area contributed by atoms with E-state index in [4.69, 9.17) is 0 Å². The van der Waals surface area contributed by atoms with Gasteiger partial charge in [0, 0.05) is 22.5 Å². The second kappa shape index (κ2) is 7.75. The minimum absolute atomic E-state index is 0.177. The van der Waals surface area contributed by atoms with Crippen molar-refractivity contribution in [2.24, 2.45) is 0 Å². The smallest absolute Gasteiger partial charge is 0.308 e. The molecule has 0 heterocycles. The molecule has 2 rings (SSSR count). The summed E-state index contributed by atoms with van der Waals surface area (Å²) in [7, 11) is -10.1. The molecule has 2 aromatic rings. The van der Waals surface area contributed by atoms with E-state index in [1.54, 1.807) is 5.32 Å². The van der Waals surface area contributed by atoms with Crippen LogP contribution >= 0.6 is 10.2 Å². The summed E-state index contributed by atoms with van der Waals surface area (Å²) in [5.41, 5.74) is -6.95. The number of benzene rings is 2. The number of hydrogen-bond donors (Lipinski definition) is 2. The third-order valence-corrected chi connectivity index (χ3v) is 5.35. The Kier molecular flexibility index (Phi) is 6.30. The fourth-order valence-electron chi connectivity index (χ4n) is 2.48. The summed E-state index contributed by atoms with van der Waals surface area (Å²) in [6, 6.07) is -2.89. The van der Waals surface area contributed by atoms with Crippen molar-refractivity contribution in [1.29, 1.82) is 0 Å². The van der Waals surface area contributed by atoms with Crippen molar-refractivity contribution in [3.8, 4) is 0 Å². The Balaban J connectivity index is 2.44. The normalized spacial score (nSPS) is 15.6. The molecule has 2 amide bonds. The summed E-state index contributed by atoms with van der Waals surface area (Å²) in [6.07, 6.45) is -12.9. The Morgan fingerprint density at radius 1 is 0.583 bits per heavy atom. The molecular formula is C17H9F15N2OS. The molecule has 0 saturated carbocycles. The molecule has 0 aromatic heterocycles. The summed E-state index contributed by atoms with van der Waals surface area (Å²) in [5.74, 6) is -11.9. The highest BCUT2D eigenvalue weighted by atomic mass is 32.5. The first-order valence-corrected chi connectivity index (χ1v) is 10.6. The number of hydrogen-bond acceptors (Lipinski definition) is 1. The predicted octanol–water partition coefficient (Wildman–Crippen LogP) is 9.30. The Morgan fingerprint density at radius 2 is 0.944 bits per heavy atom. The van der Waals surface area contributed by atoms with Crippen LogP contribution in [0.1, 0.15) is 11.1 Å². The second-order valence-electron chi connectivity index (χ2n) is 7.02. The topological polar surface area (TPSA) is 41.1 Å². The van der Waals surface area contributed by atoms with Gasteiger partial charge in [-0.05, 0) is 42.5 Å². The van der Waals surface area contributed by atoms with E-state index in [2.05, 4.69) is 0 Å². The van der Waals surface area contributed by atoms with Gasteiger partial charge in [0.25, 0.3) is 0 Å². The van der Waals surface area contributed by atoms with Crippen molar-refractivity contribution in [2.75, 3.05) is 10.6 Å². The van der Waals surface area contributed by atoms with Crippen molar-refractivity contribution in [1.82, 2.24) is 0 Å². The number of urea groups is 1. The second-order valence-corrected chi connectivity index (χ2v) is 9.43. The lowest BCUT2D eigenvalue weighted by atomic mass is 9.99. The van der Waals surface area contributed by atoms with Crippen LogP contribution in [0.3, 0.4) is 0 Å². The average Bonchev–Trinajstić information content (AvgIpc) is 2.64. The van der Waals surface area contributed by atoms with E-state index in [1.165, 1.54) is 5.32 Å². The lowest BCUT2D eigenvalue weighted by Gasteiger charge is -2.40. The van der Waals surface area contributed by atoms with E-state index in [0.29, 0.717) is 0 Å². The molecule has 204 valence electrons. The van der Waals surface area contributed by atoms with Crippen LogP contribution in [-0.2, 0) is 11.8 Å². The first-order valence-electron chi connectivity index (χ1n) is 8.62. The molecule has 0 aliphatic carbocycles. The van der Waals surface area contributed by atoms with E-state index >= 15 is 0 Å². The fourth-order valence-corrected chi connectivity index (χ4v) is 3.13. The zero-order chi connectivity index (χ0) is 28.2. The van der Waals surface area contributed by atoms with Crippen molar-refractivity contribution in [2.45, 2.75) is 29.1 Å². The summed E-state index contributed by atoms with van der Waals surface area (Å²) in [6.45, 7) is 0. The lowest BCUT2D eigenvalue weighted by molar-refractivity contribution is -0.292. The van der Waals surface area contributed by atoms with Gasteiger partial charge in [0.1, 0.15) is 4.90 Å². The molecule has 0 saturated heterocycles. The maximum Gasteiger partial charge on any atom is 0.458 e. The minimum Gasteiger partial charge on any atom is -0.308 e. The monoisotopic (exact) mass is 574 g/mol. The summed E-state index contributed by atoms with van der Waals surface area (Å²) >= 11 is 0. The standard InChI is InChI=1S/C17H9F15N2OS/c18-14(19,16(22,23)24)8-5-9(15(20,21)17(25,26)27)7-11(6-8)34-13(35)33-10-1-3-12(4-2-10)36(28,29,30,31)32/h1-7H,(H2,33,34,35). The van der Waals surface area contributed by atoms with Crippen LogP contribution in [0.2, 0.25) is 0 Å². The van der Waals surface area contributed by atoms with Gasteiger partial charge in [0.05, 0.1) is 0 Å². The Hall–Kier alpha value is -2.99. The van der Waals surface area contributed by atoms with Crippen molar-refractivity contribution < 1.29 is 68.1 Å². The van der Waals surface area contributed by atoms with E-state index in [1.807, 2.05) is 0 Å². The molecule has 3 nitrogen and oxygen atoms in total. The first kappa shape index (κ1) is 29.2.